The summed E-state index contributed by atoms with van der Waals surface area (Å²) in [5.41, 5.74) is 0.572. The molecule has 19 heavy (non-hydrogen) atoms. The minimum atomic E-state index is -0.709. The number of hydrogen-bond donors (Lipinski definition) is 2. The van der Waals surface area contributed by atoms with Crippen LogP contribution in [0.25, 0.3) is 0 Å². The third kappa shape index (κ3) is 4.73. The van der Waals surface area contributed by atoms with Crippen molar-refractivity contribution in [2.24, 2.45) is 0 Å². The molecule has 0 aliphatic rings. The second-order valence-corrected chi connectivity index (χ2v) is 4.85. The molecule has 0 spiro atoms. The molecular formula is C14H20ClNO3. The van der Waals surface area contributed by atoms with E-state index in [4.69, 9.17) is 16.3 Å². The van der Waals surface area contributed by atoms with E-state index in [0.29, 0.717) is 22.9 Å². The fraction of sp³-hybridized carbons (Fsp3) is 0.500. The Bertz CT molecular complexity index is 435. The number of aliphatic hydroxyl groups is 1. The van der Waals surface area contributed by atoms with Crippen LogP contribution < -0.4 is 10.1 Å². The Morgan fingerprint density at radius 2 is 2.16 bits per heavy atom. The van der Waals surface area contributed by atoms with Crippen molar-refractivity contribution in [2.75, 3.05) is 6.54 Å². The Kier molecular flexibility index (Phi) is 6.12. The maximum absolute atomic E-state index is 11.7. The molecule has 0 heterocycles. The molecule has 4 nitrogen and oxygen atoms in total. The molecule has 0 fully saturated rings. The van der Waals surface area contributed by atoms with Gasteiger partial charge in [0.1, 0.15) is 5.75 Å². The highest BCUT2D eigenvalue weighted by atomic mass is 35.5. The lowest BCUT2D eigenvalue weighted by Gasteiger charge is -2.18. The summed E-state index contributed by atoms with van der Waals surface area (Å²) in [6, 6.07) is 4.96. The van der Waals surface area contributed by atoms with Gasteiger partial charge in [0, 0.05) is 17.1 Å². The first-order valence-corrected chi connectivity index (χ1v) is 6.75. The van der Waals surface area contributed by atoms with Gasteiger partial charge < -0.3 is 15.2 Å². The molecule has 1 aromatic carbocycles. The molecule has 0 aliphatic heterocycles. The lowest BCUT2D eigenvalue weighted by molar-refractivity contribution is -0.127. The van der Waals surface area contributed by atoms with E-state index in [2.05, 4.69) is 5.32 Å². The molecule has 0 aliphatic carbocycles. The van der Waals surface area contributed by atoms with Crippen LogP contribution in [-0.2, 0) is 4.79 Å². The van der Waals surface area contributed by atoms with Crippen LogP contribution in [-0.4, -0.2) is 23.7 Å². The van der Waals surface area contributed by atoms with E-state index in [-0.39, 0.29) is 5.91 Å². The largest absolute Gasteiger partial charge is 0.481 e. The first kappa shape index (κ1) is 15.8. The Hall–Kier alpha value is -1.26. The zero-order valence-electron chi connectivity index (χ0n) is 11.4. The smallest absolute Gasteiger partial charge is 0.260 e. The molecule has 1 unspecified atom stereocenters. The summed E-state index contributed by atoms with van der Waals surface area (Å²) in [6.45, 7) is 5.90. The van der Waals surface area contributed by atoms with Crippen LogP contribution in [0.1, 0.15) is 38.9 Å². The third-order valence-electron chi connectivity index (χ3n) is 2.64. The molecule has 0 aromatic heterocycles. The minimum Gasteiger partial charge on any atom is -0.481 e. The maximum atomic E-state index is 11.7. The van der Waals surface area contributed by atoms with Crippen molar-refractivity contribution >= 4 is 17.5 Å². The first-order valence-electron chi connectivity index (χ1n) is 6.37. The van der Waals surface area contributed by atoms with Gasteiger partial charge in [-0.3, -0.25) is 4.79 Å². The van der Waals surface area contributed by atoms with Crippen LogP contribution >= 0.6 is 11.6 Å². The summed E-state index contributed by atoms with van der Waals surface area (Å²) in [5.74, 6) is 0.298. The van der Waals surface area contributed by atoms with Gasteiger partial charge in [0.15, 0.2) is 6.10 Å². The maximum Gasteiger partial charge on any atom is 0.260 e. The Morgan fingerprint density at radius 1 is 1.47 bits per heavy atom. The molecule has 1 aromatic rings. The van der Waals surface area contributed by atoms with Gasteiger partial charge in [-0.2, -0.15) is 0 Å². The number of nitrogens with one attached hydrogen (secondary N) is 1. The first-order chi connectivity index (χ1) is 8.95. The van der Waals surface area contributed by atoms with Crippen LogP contribution in [0.15, 0.2) is 18.2 Å². The van der Waals surface area contributed by atoms with Gasteiger partial charge in [0.2, 0.25) is 0 Å². The fourth-order valence-electron chi connectivity index (χ4n) is 1.59. The van der Waals surface area contributed by atoms with Crippen molar-refractivity contribution in [2.45, 2.75) is 39.4 Å². The summed E-state index contributed by atoms with van der Waals surface area (Å²) < 4.78 is 5.59. The Labute approximate surface area is 118 Å². The topological polar surface area (TPSA) is 58.6 Å². The zero-order valence-corrected chi connectivity index (χ0v) is 12.2. The van der Waals surface area contributed by atoms with Crippen LogP contribution in [0.3, 0.4) is 0 Å². The number of rotatable bonds is 6. The quantitative estimate of drug-likeness (QED) is 0.845. The number of aliphatic hydroxyl groups excluding tert-OH is 1. The molecule has 2 atom stereocenters. The van der Waals surface area contributed by atoms with Gasteiger partial charge in [0.05, 0.1) is 6.10 Å². The molecule has 1 amide bonds. The van der Waals surface area contributed by atoms with E-state index in [1.54, 1.807) is 32.0 Å². The van der Waals surface area contributed by atoms with E-state index in [9.17, 15) is 9.90 Å². The van der Waals surface area contributed by atoms with Crippen molar-refractivity contribution in [3.63, 3.8) is 0 Å². The van der Waals surface area contributed by atoms with Crippen molar-refractivity contribution in [1.29, 1.82) is 0 Å². The molecular weight excluding hydrogens is 266 g/mol. The normalized spacial score (nSPS) is 13.7. The van der Waals surface area contributed by atoms with E-state index >= 15 is 0 Å². The van der Waals surface area contributed by atoms with E-state index in [0.717, 1.165) is 6.42 Å². The second-order valence-electron chi connectivity index (χ2n) is 4.41. The fourth-order valence-corrected chi connectivity index (χ4v) is 1.77. The van der Waals surface area contributed by atoms with Gasteiger partial charge in [-0.1, -0.05) is 18.5 Å². The highest BCUT2D eigenvalue weighted by Crippen LogP contribution is 2.29. The highest BCUT2D eigenvalue weighted by Gasteiger charge is 2.17. The van der Waals surface area contributed by atoms with E-state index < -0.39 is 12.2 Å². The van der Waals surface area contributed by atoms with Gasteiger partial charge in [0.25, 0.3) is 5.91 Å². The van der Waals surface area contributed by atoms with Crippen LogP contribution in [0.2, 0.25) is 5.02 Å². The van der Waals surface area contributed by atoms with E-state index in [1.807, 2.05) is 6.92 Å². The third-order valence-corrected chi connectivity index (χ3v) is 2.88. The second kappa shape index (κ2) is 7.36. The van der Waals surface area contributed by atoms with Gasteiger partial charge in [-0.15, -0.1) is 0 Å². The average Bonchev–Trinajstić information content (AvgIpc) is 2.37. The summed E-state index contributed by atoms with van der Waals surface area (Å²) >= 11 is 5.88. The Morgan fingerprint density at radius 3 is 2.74 bits per heavy atom. The Balaban J connectivity index is 2.78. The number of carbonyl (C=O) groups is 1. The number of hydrogen-bond acceptors (Lipinski definition) is 3. The molecule has 0 saturated carbocycles. The molecule has 1 rings (SSSR count). The summed E-state index contributed by atoms with van der Waals surface area (Å²) in [4.78, 5) is 11.7. The number of ether oxygens (including phenoxy) is 1. The molecule has 0 bridgehead atoms. The number of halogens is 1. The molecule has 106 valence electrons. The molecule has 0 radical (unpaired) electrons. The van der Waals surface area contributed by atoms with Crippen LogP contribution in [0, 0.1) is 0 Å². The standard InChI is InChI=1S/C14H20ClNO3/c1-4-7-16-14(18)10(3)19-13-6-5-11(15)8-12(13)9(2)17/h5-6,8-10,17H,4,7H2,1-3H3,(H,16,18)/t9-,10?/m0/s1. The SMILES string of the molecule is CCCNC(=O)C(C)Oc1ccc(Cl)cc1[C@H](C)O. The number of amides is 1. The molecule has 0 saturated heterocycles. The van der Waals surface area contributed by atoms with Crippen LogP contribution in [0.4, 0.5) is 0 Å². The summed E-state index contributed by atoms with van der Waals surface area (Å²) in [7, 11) is 0. The minimum absolute atomic E-state index is 0.173. The highest BCUT2D eigenvalue weighted by molar-refractivity contribution is 6.30. The van der Waals surface area contributed by atoms with E-state index in [1.165, 1.54) is 0 Å². The monoisotopic (exact) mass is 285 g/mol. The summed E-state index contributed by atoms with van der Waals surface area (Å²) in [6.07, 6.45) is -0.456. The lowest BCUT2D eigenvalue weighted by atomic mass is 10.1. The number of carbonyl (C=O) groups excluding carboxylic acids is 1. The summed E-state index contributed by atoms with van der Waals surface area (Å²) in [5, 5.41) is 13.0. The van der Waals surface area contributed by atoms with Gasteiger partial charge in [-0.25, -0.2) is 0 Å². The zero-order chi connectivity index (χ0) is 14.4. The van der Waals surface area contributed by atoms with Crippen molar-refractivity contribution in [3.8, 4) is 5.75 Å². The molecule has 2 N–H and O–H groups in total. The predicted molar refractivity (Wildman–Crippen MR) is 75.5 cm³/mol. The van der Waals surface area contributed by atoms with Gasteiger partial charge >= 0.3 is 0 Å². The average molecular weight is 286 g/mol. The molecule has 5 heteroatoms. The van der Waals surface area contributed by atoms with Crippen molar-refractivity contribution in [3.05, 3.63) is 28.8 Å². The van der Waals surface area contributed by atoms with Gasteiger partial charge in [-0.05, 0) is 38.5 Å². The van der Waals surface area contributed by atoms with Crippen LogP contribution in [0.5, 0.6) is 5.75 Å². The van der Waals surface area contributed by atoms with Crippen molar-refractivity contribution in [1.82, 2.24) is 5.32 Å². The lowest BCUT2D eigenvalue weighted by Crippen LogP contribution is -2.36. The van der Waals surface area contributed by atoms with Crippen molar-refractivity contribution < 1.29 is 14.6 Å². The number of benzene rings is 1. The predicted octanol–water partition coefficient (Wildman–Crippen LogP) is 2.69.